The van der Waals surface area contributed by atoms with Crippen LogP contribution in [0.5, 0.6) is 0 Å². The Morgan fingerprint density at radius 2 is 1.07 bits per heavy atom. The Balaban J connectivity index is 1.40. The fourth-order valence-electron chi connectivity index (χ4n) is 6.66. The second-order valence-corrected chi connectivity index (χ2v) is 10.8. The number of pyridine rings is 1. The average molecular weight is 536 g/mol. The molecule has 3 heteroatoms. The second kappa shape index (κ2) is 8.92. The first kappa shape index (κ1) is 23.1. The summed E-state index contributed by atoms with van der Waals surface area (Å²) in [6, 6.07) is 54.1. The Morgan fingerprint density at radius 1 is 0.405 bits per heavy atom. The van der Waals surface area contributed by atoms with Gasteiger partial charge in [0.25, 0.3) is 0 Å². The van der Waals surface area contributed by atoms with Crippen molar-refractivity contribution in [2.24, 2.45) is 0 Å². The van der Waals surface area contributed by atoms with Crippen LogP contribution in [0.2, 0.25) is 0 Å². The highest BCUT2D eigenvalue weighted by atomic mass is 15.1. The predicted octanol–water partition coefficient (Wildman–Crippen LogP) is 10.1. The van der Waals surface area contributed by atoms with E-state index in [0.29, 0.717) is 0 Å². The lowest BCUT2D eigenvalue weighted by Gasteiger charge is -2.11. The molecule has 0 bridgehead atoms. The van der Waals surface area contributed by atoms with Gasteiger partial charge in [-0.1, -0.05) is 103 Å². The third-order valence-corrected chi connectivity index (χ3v) is 8.49. The van der Waals surface area contributed by atoms with Gasteiger partial charge < -0.3 is 4.57 Å². The summed E-state index contributed by atoms with van der Waals surface area (Å²) in [7, 11) is 0. The standard InChI is InChI=1S/C39H25N3/c1-3-12-26(13-4-1)34-18-11-21-38(40-34)42-36-20-10-8-17-30(36)33-25-32-27(24-37(33)42)22-23-31-29-16-7-9-19-35(29)41(39(31)32)28-14-5-2-6-15-28/h1-25H. The maximum absolute atomic E-state index is 5.16. The lowest BCUT2D eigenvalue weighted by molar-refractivity contribution is 1.08. The second-order valence-electron chi connectivity index (χ2n) is 10.8. The first-order chi connectivity index (χ1) is 20.8. The number of hydrogen-bond donors (Lipinski definition) is 0. The van der Waals surface area contributed by atoms with Crippen molar-refractivity contribution in [3.8, 4) is 22.8 Å². The molecule has 9 aromatic rings. The molecule has 0 radical (unpaired) electrons. The molecule has 0 spiro atoms. The van der Waals surface area contributed by atoms with Crippen molar-refractivity contribution >= 4 is 54.4 Å². The van der Waals surface area contributed by atoms with Crippen LogP contribution >= 0.6 is 0 Å². The largest absolute Gasteiger partial charge is 0.309 e. The number of fused-ring (bicyclic) bond motifs is 8. The molecule has 0 aliphatic rings. The van der Waals surface area contributed by atoms with Crippen molar-refractivity contribution in [3.05, 3.63) is 152 Å². The molecule has 9 rings (SSSR count). The van der Waals surface area contributed by atoms with Gasteiger partial charge in [-0.05, 0) is 53.9 Å². The molecule has 6 aromatic carbocycles. The summed E-state index contributed by atoms with van der Waals surface area (Å²) in [4.78, 5) is 5.16. The molecule has 0 atom stereocenters. The molecule has 0 aliphatic carbocycles. The molecule has 0 saturated carbocycles. The van der Waals surface area contributed by atoms with Gasteiger partial charge in [0.1, 0.15) is 5.82 Å². The summed E-state index contributed by atoms with van der Waals surface area (Å²) in [5, 5.41) is 7.43. The monoisotopic (exact) mass is 535 g/mol. The zero-order valence-electron chi connectivity index (χ0n) is 22.8. The summed E-state index contributed by atoms with van der Waals surface area (Å²) >= 11 is 0. The van der Waals surface area contributed by atoms with Gasteiger partial charge in [-0.2, -0.15) is 0 Å². The summed E-state index contributed by atoms with van der Waals surface area (Å²) in [5.74, 6) is 0.918. The highest BCUT2D eigenvalue weighted by Gasteiger charge is 2.18. The van der Waals surface area contributed by atoms with Crippen LogP contribution in [-0.2, 0) is 0 Å². The molecule has 0 unspecified atom stereocenters. The minimum Gasteiger partial charge on any atom is -0.309 e. The number of rotatable bonds is 3. The normalized spacial score (nSPS) is 11.8. The van der Waals surface area contributed by atoms with Gasteiger partial charge in [0.2, 0.25) is 0 Å². The molecular weight excluding hydrogens is 510 g/mol. The van der Waals surface area contributed by atoms with Gasteiger partial charge in [-0.15, -0.1) is 0 Å². The molecule has 3 aromatic heterocycles. The van der Waals surface area contributed by atoms with E-state index in [1.165, 1.54) is 49.0 Å². The van der Waals surface area contributed by atoms with Crippen LogP contribution in [-0.4, -0.2) is 14.1 Å². The van der Waals surface area contributed by atoms with E-state index in [1.807, 2.05) is 6.07 Å². The molecule has 42 heavy (non-hydrogen) atoms. The van der Waals surface area contributed by atoms with Crippen molar-refractivity contribution < 1.29 is 0 Å². The average Bonchev–Trinajstić information content (AvgIpc) is 3.57. The van der Waals surface area contributed by atoms with E-state index < -0.39 is 0 Å². The van der Waals surface area contributed by atoms with Crippen molar-refractivity contribution in [1.82, 2.24) is 14.1 Å². The Bertz CT molecular complexity index is 2450. The highest BCUT2D eigenvalue weighted by molar-refractivity contribution is 6.22. The number of para-hydroxylation sites is 3. The van der Waals surface area contributed by atoms with Gasteiger partial charge in [0.15, 0.2) is 0 Å². The van der Waals surface area contributed by atoms with Gasteiger partial charge in [-0.3, -0.25) is 4.57 Å². The summed E-state index contributed by atoms with van der Waals surface area (Å²) in [5.41, 5.74) is 8.01. The van der Waals surface area contributed by atoms with E-state index in [2.05, 4.69) is 155 Å². The van der Waals surface area contributed by atoms with Crippen LogP contribution in [0.1, 0.15) is 0 Å². The molecule has 3 heterocycles. The van der Waals surface area contributed by atoms with Crippen LogP contribution in [0.25, 0.3) is 77.1 Å². The van der Waals surface area contributed by atoms with Crippen molar-refractivity contribution in [2.75, 3.05) is 0 Å². The molecule has 0 fully saturated rings. The van der Waals surface area contributed by atoms with Crippen molar-refractivity contribution in [3.63, 3.8) is 0 Å². The molecular formula is C39H25N3. The summed E-state index contributed by atoms with van der Waals surface area (Å²) < 4.78 is 4.73. The van der Waals surface area contributed by atoms with Crippen LogP contribution in [0.3, 0.4) is 0 Å². The topological polar surface area (TPSA) is 22.8 Å². The smallest absolute Gasteiger partial charge is 0.138 e. The van der Waals surface area contributed by atoms with Gasteiger partial charge in [0, 0.05) is 38.2 Å². The zero-order valence-corrected chi connectivity index (χ0v) is 22.8. The minimum absolute atomic E-state index is 0.918. The summed E-state index contributed by atoms with van der Waals surface area (Å²) in [6.07, 6.45) is 0. The van der Waals surface area contributed by atoms with E-state index in [9.17, 15) is 0 Å². The van der Waals surface area contributed by atoms with E-state index in [1.54, 1.807) is 0 Å². The Kier molecular flexibility index (Phi) is 4.90. The number of hydrogen-bond acceptors (Lipinski definition) is 1. The van der Waals surface area contributed by atoms with Crippen LogP contribution in [0.4, 0.5) is 0 Å². The zero-order chi connectivity index (χ0) is 27.6. The summed E-state index contributed by atoms with van der Waals surface area (Å²) in [6.45, 7) is 0. The molecule has 0 saturated heterocycles. The Morgan fingerprint density at radius 3 is 1.86 bits per heavy atom. The molecule has 0 aliphatic heterocycles. The third-order valence-electron chi connectivity index (χ3n) is 8.49. The van der Waals surface area contributed by atoms with Gasteiger partial charge in [-0.25, -0.2) is 4.98 Å². The number of aromatic nitrogens is 3. The van der Waals surface area contributed by atoms with E-state index in [4.69, 9.17) is 4.98 Å². The highest BCUT2D eigenvalue weighted by Crippen LogP contribution is 2.40. The van der Waals surface area contributed by atoms with Crippen molar-refractivity contribution in [2.45, 2.75) is 0 Å². The fourth-order valence-corrected chi connectivity index (χ4v) is 6.66. The van der Waals surface area contributed by atoms with E-state index in [-0.39, 0.29) is 0 Å². The Hall–Kier alpha value is -5.67. The maximum atomic E-state index is 5.16. The SMILES string of the molecule is c1ccc(-c2cccc(-n3c4ccccc4c4cc5c(ccc6c7ccccc7n(-c7ccccc7)c56)cc43)n2)cc1. The molecule has 0 amide bonds. The molecule has 0 N–H and O–H groups in total. The van der Waals surface area contributed by atoms with Gasteiger partial charge in [0.05, 0.1) is 27.8 Å². The predicted molar refractivity (Wildman–Crippen MR) is 176 cm³/mol. The van der Waals surface area contributed by atoms with Crippen LogP contribution in [0, 0.1) is 0 Å². The first-order valence-corrected chi connectivity index (χ1v) is 14.3. The number of benzene rings is 6. The maximum Gasteiger partial charge on any atom is 0.138 e. The fraction of sp³-hybridized carbons (Fsp3) is 0. The molecule has 196 valence electrons. The Labute approximate surface area is 242 Å². The quantitative estimate of drug-likeness (QED) is 0.221. The van der Waals surface area contributed by atoms with Crippen LogP contribution in [0.15, 0.2) is 152 Å². The lowest BCUT2D eigenvalue weighted by atomic mass is 10.0. The van der Waals surface area contributed by atoms with Crippen molar-refractivity contribution in [1.29, 1.82) is 0 Å². The van der Waals surface area contributed by atoms with E-state index >= 15 is 0 Å². The third kappa shape index (κ3) is 3.31. The lowest BCUT2D eigenvalue weighted by Crippen LogP contribution is -1.98. The first-order valence-electron chi connectivity index (χ1n) is 14.3. The molecule has 3 nitrogen and oxygen atoms in total. The number of nitrogens with zero attached hydrogens (tertiary/aromatic N) is 3. The van der Waals surface area contributed by atoms with Gasteiger partial charge >= 0.3 is 0 Å². The minimum atomic E-state index is 0.918. The van der Waals surface area contributed by atoms with Crippen LogP contribution < -0.4 is 0 Å². The van der Waals surface area contributed by atoms with E-state index in [0.717, 1.165) is 28.1 Å².